The number of rotatable bonds is 6. The maximum atomic E-state index is 13.2. The first-order valence-corrected chi connectivity index (χ1v) is 11.9. The molecule has 1 heterocycles. The summed E-state index contributed by atoms with van der Waals surface area (Å²) in [6.45, 7) is 2.05. The van der Waals surface area contributed by atoms with Gasteiger partial charge in [-0.3, -0.25) is 0 Å². The summed E-state index contributed by atoms with van der Waals surface area (Å²) in [4.78, 5) is 14.3. The molecule has 0 radical (unpaired) electrons. The minimum atomic E-state index is -1.14. The minimum Gasteiger partial charge on any atom is -0.511 e. The van der Waals surface area contributed by atoms with E-state index in [-0.39, 0.29) is 23.7 Å². The lowest BCUT2D eigenvalue weighted by Gasteiger charge is -2.37. The molecule has 1 atom stereocenters. The third-order valence-corrected chi connectivity index (χ3v) is 7.29. The summed E-state index contributed by atoms with van der Waals surface area (Å²) >= 11 is 1.23. The van der Waals surface area contributed by atoms with Gasteiger partial charge in [-0.1, -0.05) is 96.7 Å². The van der Waals surface area contributed by atoms with Crippen LogP contribution in [0, 0.1) is 6.92 Å². The summed E-state index contributed by atoms with van der Waals surface area (Å²) < 4.78 is 12.4. The monoisotopic (exact) mass is 468 g/mol. The first-order chi connectivity index (χ1) is 16.6. The zero-order chi connectivity index (χ0) is 23.5. The molecule has 5 rings (SSSR count). The summed E-state index contributed by atoms with van der Waals surface area (Å²) in [6, 6.07) is 31.1. The Balaban J connectivity index is 1.49. The van der Waals surface area contributed by atoms with E-state index in [1.807, 2.05) is 104 Å². The predicted octanol–water partition coefficient (Wildman–Crippen LogP) is 6.93. The SMILES string of the molecule is Cc1ccccc1SC1=C(O)CC(COc2cccc3ccccc23)(c2ccccc2)OC1=O. The van der Waals surface area contributed by atoms with Crippen molar-refractivity contribution in [2.75, 3.05) is 6.61 Å². The number of ether oxygens (including phenoxy) is 2. The van der Waals surface area contributed by atoms with Crippen LogP contribution >= 0.6 is 11.8 Å². The average Bonchev–Trinajstić information content (AvgIpc) is 2.86. The number of cyclic esters (lactones) is 1. The van der Waals surface area contributed by atoms with Crippen LogP contribution in [0.4, 0.5) is 0 Å². The highest BCUT2D eigenvalue weighted by atomic mass is 32.2. The lowest BCUT2D eigenvalue weighted by molar-refractivity contribution is -0.163. The van der Waals surface area contributed by atoms with Gasteiger partial charge in [0.05, 0.1) is 6.42 Å². The molecule has 5 heteroatoms. The molecular weight excluding hydrogens is 444 g/mol. The zero-order valence-corrected chi connectivity index (χ0v) is 19.5. The molecule has 0 saturated heterocycles. The Labute approximate surface area is 202 Å². The number of aliphatic hydroxyl groups excluding tert-OH is 1. The first kappa shape index (κ1) is 22.1. The van der Waals surface area contributed by atoms with Crippen molar-refractivity contribution in [2.24, 2.45) is 0 Å². The largest absolute Gasteiger partial charge is 0.511 e. The molecule has 170 valence electrons. The number of thioether (sulfide) groups is 1. The van der Waals surface area contributed by atoms with Crippen molar-refractivity contribution in [1.82, 2.24) is 0 Å². The number of hydrogen-bond donors (Lipinski definition) is 1. The highest BCUT2D eigenvalue weighted by Crippen LogP contribution is 2.43. The maximum Gasteiger partial charge on any atom is 0.349 e. The van der Waals surface area contributed by atoms with Crippen LogP contribution in [0.2, 0.25) is 0 Å². The number of hydrogen-bond acceptors (Lipinski definition) is 5. The van der Waals surface area contributed by atoms with Crippen molar-refractivity contribution in [1.29, 1.82) is 0 Å². The van der Waals surface area contributed by atoms with E-state index in [0.717, 1.165) is 26.8 Å². The lowest BCUT2D eigenvalue weighted by atomic mass is 9.88. The van der Waals surface area contributed by atoms with E-state index in [9.17, 15) is 9.90 Å². The summed E-state index contributed by atoms with van der Waals surface area (Å²) in [5.74, 6) is 0.158. The van der Waals surface area contributed by atoms with E-state index in [4.69, 9.17) is 9.47 Å². The Hall–Kier alpha value is -3.70. The number of aliphatic hydroxyl groups is 1. The Morgan fingerprint density at radius 2 is 1.62 bits per heavy atom. The maximum absolute atomic E-state index is 13.2. The second-order valence-corrected chi connectivity index (χ2v) is 9.39. The number of esters is 1. The van der Waals surface area contributed by atoms with Crippen LogP contribution < -0.4 is 4.74 Å². The molecule has 1 N–H and O–H groups in total. The summed E-state index contributed by atoms with van der Waals surface area (Å²) in [5, 5.41) is 13.1. The second-order valence-electron chi connectivity index (χ2n) is 8.34. The number of aryl methyl sites for hydroxylation is 1. The fraction of sp³-hybridized carbons (Fsp3) is 0.138. The first-order valence-electron chi connectivity index (χ1n) is 11.1. The van der Waals surface area contributed by atoms with E-state index in [1.54, 1.807) is 0 Å². The molecule has 1 unspecified atom stereocenters. The molecule has 0 bridgehead atoms. The van der Waals surface area contributed by atoms with E-state index in [1.165, 1.54) is 11.8 Å². The molecule has 1 aliphatic rings. The van der Waals surface area contributed by atoms with Gasteiger partial charge in [-0.05, 0) is 35.6 Å². The van der Waals surface area contributed by atoms with Gasteiger partial charge >= 0.3 is 5.97 Å². The van der Waals surface area contributed by atoms with E-state index in [2.05, 4.69) is 0 Å². The van der Waals surface area contributed by atoms with E-state index < -0.39 is 11.6 Å². The Kier molecular flexibility index (Phi) is 6.03. The molecule has 4 nitrogen and oxygen atoms in total. The van der Waals surface area contributed by atoms with Crippen LogP contribution in [0.3, 0.4) is 0 Å². The number of fused-ring (bicyclic) bond motifs is 1. The summed E-state index contributed by atoms with van der Waals surface area (Å²) in [5.41, 5.74) is 0.657. The van der Waals surface area contributed by atoms with Crippen LogP contribution in [-0.2, 0) is 15.1 Å². The van der Waals surface area contributed by atoms with Crippen LogP contribution in [-0.4, -0.2) is 17.7 Å². The van der Waals surface area contributed by atoms with Crippen LogP contribution in [0.5, 0.6) is 5.75 Å². The summed E-state index contributed by atoms with van der Waals surface area (Å²) in [6.07, 6.45) is 0.127. The van der Waals surface area contributed by atoms with Gasteiger partial charge in [0.25, 0.3) is 0 Å². The van der Waals surface area contributed by atoms with Crippen molar-refractivity contribution < 1.29 is 19.4 Å². The zero-order valence-electron chi connectivity index (χ0n) is 18.7. The smallest absolute Gasteiger partial charge is 0.349 e. The van der Waals surface area contributed by atoms with E-state index >= 15 is 0 Å². The van der Waals surface area contributed by atoms with Crippen molar-refractivity contribution >= 4 is 28.5 Å². The van der Waals surface area contributed by atoms with Gasteiger partial charge in [0.15, 0.2) is 5.60 Å². The molecule has 0 spiro atoms. The van der Waals surface area contributed by atoms with Gasteiger partial charge in [-0.25, -0.2) is 4.79 Å². The van der Waals surface area contributed by atoms with Crippen LogP contribution in [0.25, 0.3) is 10.8 Å². The molecule has 0 saturated carbocycles. The average molecular weight is 469 g/mol. The van der Waals surface area contributed by atoms with Gasteiger partial charge in [0.2, 0.25) is 0 Å². The highest BCUT2D eigenvalue weighted by molar-refractivity contribution is 8.04. The van der Waals surface area contributed by atoms with Crippen LogP contribution in [0.15, 0.2) is 113 Å². The highest BCUT2D eigenvalue weighted by Gasteiger charge is 2.45. The van der Waals surface area contributed by atoms with Crippen LogP contribution in [0.1, 0.15) is 17.5 Å². The quantitative estimate of drug-likeness (QED) is 0.311. The van der Waals surface area contributed by atoms with E-state index in [0.29, 0.717) is 5.75 Å². The van der Waals surface area contributed by atoms with Crippen molar-refractivity contribution in [2.45, 2.75) is 23.8 Å². The Morgan fingerprint density at radius 1 is 0.912 bits per heavy atom. The lowest BCUT2D eigenvalue weighted by Crippen LogP contribution is -2.42. The molecule has 0 fully saturated rings. The molecule has 0 aliphatic carbocycles. The second kappa shape index (κ2) is 9.27. The predicted molar refractivity (Wildman–Crippen MR) is 135 cm³/mol. The molecule has 0 aromatic heterocycles. The number of benzene rings is 4. The third-order valence-electron chi connectivity index (χ3n) is 6.00. The van der Waals surface area contributed by atoms with Crippen molar-refractivity contribution in [3.63, 3.8) is 0 Å². The third kappa shape index (κ3) is 4.27. The number of carbonyl (C=O) groups is 1. The molecule has 0 amide bonds. The molecule has 34 heavy (non-hydrogen) atoms. The Bertz CT molecular complexity index is 1370. The summed E-state index contributed by atoms with van der Waals surface area (Å²) in [7, 11) is 0. The molecule has 4 aromatic carbocycles. The number of carbonyl (C=O) groups excluding carboxylic acids is 1. The standard InChI is InChI=1S/C29H24O4S/c1-20-10-5-8-17-26(20)34-27-24(30)18-29(33-28(27)31,22-13-3-2-4-14-22)19-32-25-16-9-12-21-11-6-7-15-23(21)25/h2-17,30H,18-19H2,1H3. The normalized spacial score (nSPS) is 18.1. The van der Waals surface area contributed by atoms with Crippen molar-refractivity contribution in [3.8, 4) is 5.75 Å². The van der Waals surface area contributed by atoms with Crippen molar-refractivity contribution in [3.05, 3.63) is 119 Å². The van der Waals surface area contributed by atoms with Gasteiger partial charge < -0.3 is 14.6 Å². The Morgan fingerprint density at radius 3 is 2.41 bits per heavy atom. The van der Waals surface area contributed by atoms with Gasteiger partial charge in [-0.2, -0.15) is 0 Å². The fourth-order valence-electron chi connectivity index (χ4n) is 4.19. The topological polar surface area (TPSA) is 55.8 Å². The van der Waals surface area contributed by atoms with Gasteiger partial charge in [0, 0.05) is 10.3 Å². The molecule has 4 aromatic rings. The fourth-order valence-corrected chi connectivity index (χ4v) is 5.10. The van der Waals surface area contributed by atoms with Gasteiger partial charge in [0.1, 0.15) is 23.0 Å². The molecule has 1 aliphatic heterocycles. The minimum absolute atomic E-state index is 0.00914. The molecular formula is C29H24O4S. The van der Waals surface area contributed by atoms with Gasteiger partial charge in [-0.15, -0.1) is 0 Å².